The molecule has 4 heterocycles. The zero-order valence-corrected chi connectivity index (χ0v) is 16.8. The summed E-state index contributed by atoms with van der Waals surface area (Å²) >= 11 is 0. The third-order valence-corrected chi connectivity index (χ3v) is 5.88. The number of anilines is 1. The van der Waals surface area contributed by atoms with Crippen LogP contribution in [0.15, 0.2) is 41.8 Å². The highest BCUT2D eigenvalue weighted by Crippen LogP contribution is 2.40. The molecule has 1 aromatic carbocycles. The summed E-state index contributed by atoms with van der Waals surface area (Å²) in [7, 11) is 1.92. The van der Waals surface area contributed by atoms with Gasteiger partial charge in [-0.25, -0.2) is 14.2 Å². The number of hydrogen-bond acceptors (Lipinski definition) is 6. The highest BCUT2D eigenvalue weighted by Gasteiger charge is 2.29. The summed E-state index contributed by atoms with van der Waals surface area (Å²) in [6.07, 6.45) is 7.77. The van der Waals surface area contributed by atoms with Crippen molar-refractivity contribution in [1.29, 1.82) is 5.26 Å². The second-order valence-electron chi connectivity index (χ2n) is 7.62. The zero-order valence-electron chi connectivity index (χ0n) is 16.8. The Morgan fingerprint density at radius 2 is 2.10 bits per heavy atom. The lowest BCUT2D eigenvalue weighted by molar-refractivity contribution is 0.474. The topological polar surface area (TPSA) is 108 Å². The molecule has 0 amide bonds. The number of nitrogens with one attached hydrogen (secondary N) is 1. The van der Waals surface area contributed by atoms with E-state index in [0.717, 1.165) is 18.7 Å². The number of benzene rings is 1. The number of nitrogens with zero attached hydrogens (tertiary/aromatic N) is 7. The van der Waals surface area contributed by atoms with Gasteiger partial charge in [-0.15, -0.1) is 10.2 Å². The van der Waals surface area contributed by atoms with Gasteiger partial charge in [0.15, 0.2) is 0 Å². The molecule has 1 aliphatic heterocycles. The average Bonchev–Trinajstić information content (AvgIpc) is 3.44. The van der Waals surface area contributed by atoms with E-state index in [4.69, 9.17) is 0 Å². The van der Waals surface area contributed by atoms with Crippen LogP contribution in [0, 0.1) is 17.1 Å². The maximum Gasteiger partial charge on any atom is 0.331 e. The van der Waals surface area contributed by atoms with Crippen molar-refractivity contribution < 1.29 is 4.39 Å². The number of hydrogen-bond donors (Lipinski definition) is 1. The predicted octanol–water partition coefficient (Wildman–Crippen LogP) is 2.21. The predicted molar refractivity (Wildman–Crippen MR) is 111 cm³/mol. The Balaban J connectivity index is 1.60. The van der Waals surface area contributed by atoms with Crippen LogP contribution in [-0.4, -0.2) is 42.2 Å². The van der Waals surface area contributed by atoms with Crippen LogP contribution in [0.4, 0.5) is 10.1 Å². The lowest BCUT2D eigenvalue weighted by Crippen LogP contribution is -2.34. The van der Waals surface area contributed by atoms with Crippen molar-refractivity contribution in [2.45, 2.75) is 18.8 Å². The number of H-pyrrole nitrogens is 1. The molecule has 5 rings (SSSR count). The SMILES string of the molecule is Cn1cnnc1C1CCN(c2c(C#N)ccc(F)c2-c2c[nH]c(=O)n3ccnc23)CC1. The van der Waals surface area contributed by atoms with Crippen LogP contribution in [0.5, 0.6) is 0 Å². The standard InChI is InChI=1S/C21H19FN8O/c1-28-12-26-27-19(28)13-4-7-29(8-5-13)18-14(10-23)2-3-16(22)17(18)15-11-25-21(31)30-9-6-24-20(15)30/h2-3,6,9,11-13H,4-5,7-8H2,1H3,(H,25,31). The summed E-state index contributed by atoms with van der Waals surface area (Å²) in [6, 6.07) is 4.98. The fourth-order valence-corrected chi connectivity index (χ4v) is 4.38. The minimum atomic E-state index is -0.471. The molecule has 10 heteroatoms. The molecule has 4 aromatic rings. The first-order valence-corrected chi connectivity index (χ1v) is 9.95. The molecule has 9 nitrogen and oxygen atoms in total. The maximum atomic E-state index is 15.2. The van der Waals surface area contributed by atoms with Gasteiger partial charge < -0.3 is 14.5 Å². The van der Waals surface area contributed by atoms with Crippen molar-refractivity contribution in [2.24, 2.45) is 7.05 Å². The smallest absolute Gasteiger partial charge is 0.331 e. The van der Waals surface area contributed by atoms with Crippen molar-refractivity contribution in [3.63, 3.8) is 0 Å². The lowest BCUT2D eigenvalue weighted by Gasteiger charge is -2.35. The fourth-order valence-electron chi connectivity index (χ4n) is 4.38. The van der Waals surface area contributed by atoms with Crippen LogP contribution in [0.1, 0.15) is 30.1 Å². The van der Waals surface area contributed by atoms with Crippen molar-refractivity contribution in [1.82, 2.24) is 29.1 Å². The molecule has 0 aliphatic carbocycles. The number of piperidine rings is 1. The highest BCUT2D eigenvalue weighted by molar-refractivity contribution is 5.89. The fraction of sp³-hybridized carbons (Fsp3) is 0.286. The van der Waals surface area contributed by atoms with Crippen LogP contribution in [0.2, 0.25) is 0 Å². The molecule has 0 unspecified atom stereocenters. The number of aromatic amines is 1. The molecule has 1 N–H and O–H groups in total. The molecule has 0 spiro atoms. The normalized spacial score (nSPS) is 14.8. The third kappa shape index (κ3) is 3.06. The first-order valence-electron chi connectivity index (χ1n) is 9.95. The Kier molecular flexibility index (Phi) is 4.51. The van der Waals surface area contributed by atoms with Gasteiger partial charge in [0.05, 0.1) is 11.3 Å². The molecular formula is C21H19FN8O. The summed E-state index contributed by atoms with van der Waals surface area (Å²) in [5, 5.41) is 18.0. The largest absolute Gasteiger partial charge is 0.370 e. The van der Waals surface area contributed by atoms with Gasteiger partial charge in [-0.3, -0.25) is 4.40 Å². The van der Waals surface area contributed by atoms with Crippen LogP contribution >= 0.6 is 0 Å². The molecular weight excluding hydrogens is 399 g/mol. The Morgan fingerprint density at radius 1 is 1.29 bits per heavy atom. The number of imidazole rings is 1. The van der Waals surface area contributed by atoms with Gasteiger partial charge in [0, 0.05) is 55.8 Å². The van der Waals surface area contributed by atoms with Crippen molar-refractivity contribution in [3.05, 3.63) is 64.7 Å². The van der Waals surface area contributed by atoms with Crippen LogP contribution < -0.4 is 10.6 Å². The Hall–Kier alpha value is -4.00. The van der Waals surface area contributed by atoms with Gasteiger partial charge in [-0.05, 0) is 25.0 Å². The third-order valence-electron chi connectivity index (χ3n) is 5.88. The number of fused-ring (bicyclic) bond motifs is 1. The molecule has 0 radical (unpaired) electrons. The van der Waals surface area contributed by atoms with E-state index in [0.29, 0.717) is 35.6 Å². The van der Waals surface area contributed by atoms with Gasteiger partial charge in [0.2, 0.25) is 0 Å². The van der Waals surface area contributed by atoms with Gasteiger partial charge in [0.25, 0.3) is 0 Å². The Morgan fingerprint density at radius 3 is 2.81 bits per heavy atom. The molecule has 0 atom stereocenters. The number of rotatable bonds is 3. The van der Waals surface area contributed by atoms with Crippen LogP contribution in [0.3, 0.4) is 0 Å². The van der Waals surface area contributed by atoms with E-state index < -0.39 is 5.82 Å². The summed E-state index contributed by atoms with van der Waals surface area (Å²) in [6.45, 7) is 1.27. The quantitative estimate of drug-likeness (QED) is 0.547. The van der Waals surface area contributed by atoms with E-state index in [1.54, 1.807) is 6.33 Å². The number of aryl methyl sites for hydroxylation is 1. The van der Waals surface area contributed by atoms with Gasteiger partial charge in [-0.1, -0.05) is 0 Å². The maximum absolute atomic E-state index is 15.2. The monoisotopic (exact) mass is 418 g/mol. The molecule has 31 heavy (non-hydrogen) atoms. The summed E-state index contributed by atoms with van der Waals surface area (Å²) in [5.74, 6) is 0.708. The van der Waals surface area contributed by atoms with Crippen molar-refractivity contribution in [2.75, 3.05) is 18.0 Å². The van der Waals surface area contributed by atoms with Crippen LogP contribution in [0.25, 0.3) is 16.8 Å². The first kappa shape index (κ1) is 19.0. The molecule has 1 aliphatic rings. The van der Waals surface area contributed by atoms with E-state index in [1.165, 1.54) is 35.1 Å². The van der Waals surface area contributed by atoms with Crippen molar-refractivity contribution >= 4 is 11.3 Å². The number of halogens is 1. The van der Waals surface area contributed by atoms with Gasteiger partial charge in [0.1, 0.15) is 29.7 Å². The summed E-state index contributed by atoms with van der Waals surface area (Å²) in [4.78, 5) is 21.0. The van der Waals surface area contributed by atoms with Crippen molar-refractivity contribution in [3.8, 4) is 17.2 Å². The minimum Gasteiger partial charge on any atom is -0.370 e. The molecule has 0 saturated carbocycles. The molecule has 3 aromatic heterocycles. The first-order chi connectivity index (χ1) is 15.1. The minimum absolute atomic E-state index is 0.248. The lowest BCUT2D eigenvalue weighted by atomic mass is 9.93. The molecule has 1 saturated heterocycles. The van der Waals surface area contributed by atoms with Crippen LogP contribution in [-0.2, 0) is 7.05 Å². The Bertz CT molecular complexity index is 1370. The van der Waals surface area contributed by atoms with Gasteiger partial charge in [-0.2, -0.15) is 5.26 Å². The summed E-state index contributed by atoms with van der Waals surface area (Å²) < 4.78 is 18.5. The number of aromatic nitrogens is 6. The molecule has 1 fully saturated rings. The zero-order chi connectivity index (χ0) is 21.5. The van der Waals surface area contributed by atoms with E-state index in [-0.39, 0.29) is 17.2 Å². The summed E-state index contributed by atoms with van der Waals surface area (Å²) in [5.41, 5.74) is 1.58. The highest BCUT2D eigenvalue weighted by atomic mass is 19.1. The molecule has 156 valence electrons. The van der Waals surface area contributed by atoms with E-state index >= 15 is 4.39 Å². The van der Waals surface area contributed by atoms with E-state index in [9.17, 15) is 10.1 Å². The second kappa shape index (κ2) is 7.36. The van der Waals surface area contributed by atoms with E-state index in [1.807, 2.05) is 16.5 Å². The Labute approximate surface area is 176 Å². The van der Waals surface area contributed by atoms with E-state index in [2.05, 4.69) is 26.2 Å². The average molecular weight is 418 g/mol. The number of nitriles is 1. The van der Waals surface area contributed by atoms with Gasteiger partial charge >= 0.3 is 5.69 Å². The molecule has 0 bridgehead atoms. The second-order valence-corrected chi connectivity index (χ2v) is 7.62.